The molecule has 1 aromatic rings. The number of thiocarbonyl (C=S) groups is 1. The molecule has 2 saturated heterocycles. The number of benzene rings is 1. The van der Waals surface area contributed by atoms with Crippen molar-refractivity contribution in [1.29, 1.82) is 0 Å². The van der Waals surface area contributed by atoms with Crippen LogP contribution >= 0.6 is 12.2 Å². The smallest absolute Gasteiger partial charge is 0.265 e. The van der Waals surface area contributed by atoms with Crippen LogP contribution in [0.4, 0.5) is 5.69 Å². The van der Waals surface area contributed by atoms with Crippen LogP contribution in [0.2, 0.25) is 0 Å². The van der Waals surface area contributed by atoms with Crippen molar-refractivity contribution in [2.24, 2.45) is 0 Å². The molecule has 0 unspecified atom stereocenters. The van der Waals surface area contributed by atoms with E-state index in [4.69, 9.17) is 17.0 Å². The van der Waals surface area contributed by atoms with Crippen LogP contribution in [-0.4, -0.2) is 54.7 Å². The Balaban J connectivity index is 1.96. The molecule has 1 aromatic carbocycles. The second-order valence-electron chi connectivity index (χ2n) is 5.68. The number of hydrogen-bond donors (Lipinski definition) is 1. The third-order valence-corrected chi connectivity index (χ3v) is 4.41. The van der Waals surface area contributed by atoms with Gasteiger partial charge in [-0.15, -0.1) is 6.58 Å². The molecular weight excluding hydrogens is 338 g/mol. The Morgan fingerprint density at radius 2 is 1.96 bits per heavy atom. The van der Waals surface area contributed by atoms with Crippen LogP contribution in [0.1, 0.15) is 5.56 Å². The molecule has 1 N–H and O–H groups in total. The van der Waals surface area contributed by atoms with Crippen LogP contribution < -0.4 is 10.2 Å². The third-order valence-electron chi connectivity index (χ3n) is 4.09. The maximum Gasteiger partial charge on any atom is 0.265 e. The molecule has 0 saturated carbocycles. The zero-order chi connectivity index (χ0) is 17.8. The van der Waals surface area contributed by atoms with E-state index in [9.17, 15) is 9.59 Å². The highest BCUT2D eigenvalue weighted by atomic mass is 32.1. The van der Waals surface area contributed by atoms with Crippen molar-refractivity contribution in [1.82, 2.24) is 10.2 Å². The molecule has 0 atom stereocenters. The van der Waals surface area contributed by atoms with E-state index < -0.39 is 11.8 Å². The van der Waals surface area contributed by atoms with E-state index in [2.05, 4.69) is 16.8 Å². The first kappa shape index (κ1) is 17.3. The van der Waals surface area contributed by atoms with Gasteiger partial charge in [-0.25, -0.2) is 0 Å². The Hall–Kier alpha value is -2.51. The standard InChI is InChI=1S/C18H19N3O3S/c1-2-7-21-17(23)14(16(22)19-18(21)25)12-13-5-3-4-6-15(13)20-8-10-24-11-9-20/h2-6,12H,1,7-11H2,(H,19,22,25)/b14-12+. The lowest BCUT2D eigenvalue weighted by molar-refractivity contribution is -0.128. The second kappa shape index (κ2) is 7.58. The largest absolute Gasteiger partial charge is 0.378 e. The number of para-hydroxylation sites is 1. The van der Waals surface area contributed by atoms with Gasteiger partial charge in [-0.2, -0.15) is 0 Å². The van der Waals surface area contributed by atoms with Gasteiger partial charge in [0.05, 0.1) is 13.2 Å². The quantitative estimate of drug-likeness (QED) is 0.381. The van der Waals surface area contributed by atoms with Crippen LogP contribution in [0.25, 0.3) is 6.08 Å². The topological polar surface area (TPSA) is 61.9 Å². The van der Waals surface area contributed by atoms with Gasteiger partial charge in [-0.3, -0.25) is 19.8 Å². The van der Waals surface area contributed by atoms with Crippen LogP contribution in [0.15, 0.2) is 42.5 Å². The van der Waals surface area contributed by atoms with E-state index in [0.29, 0.717) is 13.2 Å². The zero-order valence-electron chi connectivity index (χ0n) is 13.7. The number of hydrogen-bond acceptors (Lipinski definition) is 5. The predicted octanol–water partition coefficient (Wildman–Crippen LogP) is 1.34. The van der Waals surface area contributed by atoms with Crippen molar-refractivity contribution in [3.05, 3.63) is 48.1 Å². The molecule has 2 fully saturated rings. The lowest BCUT2D eigenvalue weighted by Crippen LogP contribution is -2.53. The van der Waals surface area contributed by atoms with Gasteiger partial charge in [-0.05, 0) is 29.9 Å². The number of anilines is 1. The molecule has 0 aromatic heterocycles. The monoisotopic (exact) mass is 357 g/mol. The molecule has 25 heavy (non-hydrogen) atoms. The van der Waals surface area contributed by atoms with Gasteiger partial charge in [0, 0.05) is 25.3 Å². The number of nitrogens with zero attached hydrogens (tertiary/aromatic N) is 2. The molecule has 6 nitrogen and oxygen atoms in total. The van der Waals surface area contributed by atoms with Crippen molar-refractivity contribution in [3.63, 3.8) is 0 Å². The number of carbonyl (C=O) groups excluding carboxylic acids is 2. The Kier molecular flexibility index (Phi) is 5.25. The minimum Gasteiger partial charge on any atom is -0.378 e. The summed E-state index contributed by atoms with van der Waals surface area (Å²) in [5.41, 5.74) is 1.85. The summed E-state index contributed by atoms with van der Waals surface area (Å²) in [5, 5.41) is 2.67. The van der Waals surface area contributed by atoms with Crippen molar-refractivity contribution in [2.75, 3.05) is 37.7 Å². The van der Waals surface area contributed by atoms with Crippen LogP contribution in [0, 0.1) is 0 Å². The average Bonchev–Trinajstić information content (AvgIpc) is 2.63. The summed E-state index contributed by atoms with van der Waals surface area (Å²) in [6.07, 6.45) is 3.20. The van der Waals surface area contributed by atoms with E-state index in [-0.39, 0.29) is 17.2 Å². The van der Waals surface area contributed by atoms with Gasteiger partial charge < -0.3 is 9.64 Å². The fourth-order valence-corrected chi connectivity index (χ4v) is 3.10. The molecule has 2 aliphatic heterocycles. The first-order chi connectivity index (χ1) is 12.1. The fourth-order valence-electron chi connectivity index (χ4n) is 2.85. The zero-order valence-corrected chi connectivity index (χ0v) is 14.6. The Morgan fingerprint density at radius 3 is 2.68 bits per heavy atom. The molecule has 2 amide bonds. The highest BCUT2D eigenvalue weighted by Gasteiger charge is 2.32. The van der Waals surface area contributed by atoms with Gasteiger partial charge in [0.15, 0.2) is 5.11 Å². The van der Waals surface area contributed by atoms with Gasteiger partial charge in [-0.1, -0.05) is 24.3 Å². The number of nitrogens with one attached hydrogen (secondary N) is 1. The summed E-state index contributed by atoms with van der Waals surface area (Å²) >= 11 is 5.07. The maximum absolute atomic E-state index is 12.7. The van der Waals surface area contributed by atoms with Gasteiger partial charge >= 0.3 is 0 Å². The summed E-state index contributed by atoms with van der Waals surface area (Å²) in [6.45, 7) is 6.73. The summed E-state index contributed by atoms with van der Waals surface area (Å²) in [7, 11) is 0. The lowest BCUT2D eigenvalue weighted by Gasteiger charge is -2.31. The highest BCUT2D eigenvalue weighted by molar-refractivity contribution is 7.80. The third kappa shape index (κ3) is 3.62. The fraction of sp³-hybridized carbons (Fsp3) is 0.278. The summed E-state index contributed by atoms with van der Waals surface area (Å²) in [4.78, 5) is 28.5. The van der Waals surface area contributed by atoms with Crippen molar-refractivity contribution < 1.29 is 14.3 Å². The van der Waals surface area contributed by atoms with Crippen molar-refractivity contribution >= 4 is 40.9 Å². The summed E-state index contributed by atoms with van der Waals surface area (Å²) in [5.74, 6) is -0.891. The number of carbonyl (C=O) groups is 2. The maximum atomic E-state index is 12.7. The van der Waals surface area contributed by atoms with E-state index in [1.54, 1.807) is 12.2 Å². The molecule has 130 valence electrons. The lowest BCUT2D eigenvalue weighted by atomic mass is 10.0. The van der Waals surface area contributed by atoms with Gasteiger partial charge in [0.2, 0.25) is 0 Å². The number of ether oxygens (including phenoxy) is 1. The molecule has 0 radical (unpaired) electrons. The minimum atomic E-state index is -0.480. The first-order valence-electron chi connectivity index (χ1n) is 8.03. The Bertz CT molecular complexity index is 754. The molecular formula is C18H19N3O3S. The number of morpholine rings is 1. The number of amides is 2. The molecule has 0 aliphatic carbocycles. The minimum absolute atomic E-state index is 0.0659. The Labute approximate surface area is 151 Å². The van der Waals surface area contributed by atoms with Crippen molar-refractivity contribution in [3.8, 4) is 0 Å². The predicted molar refractivity (Wildman–Crippen MR) is 100 cm³/mol. The number of rotatable bonds is 4. The van der Waals surface area contributed by atoms with Crippen LogP contribution in [0.3, 0.4) is 0 Å². The first-order valence-corrected chi connectivity index (χ1v) is 8.44. The highest BCUT2D eigenvalue weighted by Crippen LogP contribution is 2.25. The summed E-state index contributed by atoms with van der Waals surface area (Å²) in [6, 6.07) is 7.70. The Morgan fingerprint density at radius 1 is 1.24 bits per heavy atom. The summed E-state index contributed by atoms with van der Waals surface area (Å²) < 4.78 is 5.39. The van der Waals surface area contributed by atoms with Gasteiger partial charge in [0.1, 0.15) is 5.57 Å². The van der Waals surface area contributed by atoms with E-state index >= 15 is 0 Å². The second-order valence-corrected chi connectivity index (χ2v) is 6.07. The average molecular weight is 357 g/mol. The van der Waals surface area contributed by atoms with E-state index in [1.165, 1.54) is 4.90 Å². The van der Waals surface area contributed by atoms with Crippen molar-refractivity contribution in [2.45, 2.75) is 0 Å². The molecule has 7 heteroatoms. The molecule has 3 rings (SSSR count). The van der Waals surface area contributed by atoms with Gasteiger partial charge in [0.25, 0.3) is 11.8 Å². The van der Waals surface area contributed by atoms with E-state index in [1.807, 2.05) is 24.3 Å². The normalized spacial score (nSPS) is 20.0. The SMILES string of the molecule is C=CCN1C(=O)/C(=C/c2ccccc2N2CCOCC2)C(=O)NC1=S. The van der Waals surface area contributed by atoms with Crippen LogP contribution in [-0.2, 0) is 14.3 Å². The molecule has 0 spiro atoms. The molecule has 2 aliphatic rings. The molecule has 0 bridgehead atoms. The van der Waals surface area contributed by atoms with E-state index in [0.717, 1.165) is 24.3 Å². The molecule has 2 heterocycles. The van der Waals surface area contributed by atoms with Crippen LogP contribution in [0.5, 0.6) is 0 Å².